The molecule has 2 rings (SSSR count). The zero-order valence-electron chi connectivity index (χ0n) is 10.1. The second-order valence-corrected chi connectivity index (χ2v) is 4.08. The average molecular weight is 243 g/mol. The van der Waals surface area contributed by atoms with E-state index in [2.05, 4.69) is 0 Å². The maximum atomic E-state index is 13.3. The molecule has 92 valence electrons. The Morgan fingerprint density at radius 3 is 2.44 bits per heavy atom. The van der Waals surface area contributed by atoms with Crippen LogP contribution in [-0.2, 0) is 6.42 Å². The number of aryl methyl sites for hydroxylation is 1. The van der Waals surface area contributed by atoms with Crippen LogP contribution in [0.25, 0.3) is 0 Å². The van der Waals surface area contributed by atoms with Crippen LogP contribution in [-0.4, -0.2) is 5.78 Å². The van der Waals surface area contributed by atoms with E-state index in [9.17, 15) is 9.18 Å². The molecule has 0 saturated heterocycles. The van der Waals surface area contributed by atoms with Gasteiger partial charge >= 0.3 is 0 Å². The highest BCUT2D eigenvalue weighted by atomic mass is 19.1. The van der Waals surface area contributed by atoms with Crippen LogP contribution in [0.4, 0.5) is 10.1 Å². The Kier molecular flexibility index (Phi) is 3.42. The molecule has 0 atom stereocenters. The van der Waals surface area contributed by atoms with Crippen LogP contribution in [0.2, 0.25) is 0 Å². The first-order valence-electron chi connectivity index (χ1n) is 5.81. The van der Waals surface area contributed by atoms with E-state index < -0.39 is 5.82 Å². The maximum Gasteiger partial charge on any atom is 0.195 e. The van der Waals surface area contributed by atoms with Crippen molar-refractivity contribution < 1.29 is 9.18 Å². The third-order valence-electron chi connectivity index (χ3n) is 2.92. The highest BCUT2D eigenvalue weighted by molar-refractivity contribution is 6.12. The first-order valence-corrected chi connectivity index (χ1v) is 5.81. The van der Waals surface area contributed by atoms with Crippen LogP contribution in [0.3, 0.4) is 0 Å². The Labute approximate surface area is 105 Å². The van der Waals surface area contributed by atoms with Crippen LogP contribution >= 0.6 is 0 Å². The Morgan fingerprint density at radius 2 is 1.83 bits per heavy atom. The van der Waals surface area contributed by atoms with Gasteiger partial charge in [-0.05, 0) is 24.1 Å². The zero-order valence-corrected chi connectivity index (χ0v) is 10.1. The Morgan fingerprint density at radius 1 is 1.17 bits per heavy atom. The van der Waals surface area contributed by atoms with E-state index >= 15 is 0 Å². The Hall–Kier alpha value is -2.16. The van der Waals surface area contributed by atoms with Crippen molar-refractivity contribution in [1.82, 2.24) is 0 Å². The summed E-state index contributed by atoms with van der Waals surface area (Å²) in [6.45, 7) is 2.04. The molecule has 3 heteroatoms. The highest BCUT2D eigenvalue weighted by Crippen LogP contribution is 2.19. The van der Waals surface area contributed by atoms with Gasteiger partial charge in [-0.15, -0.1) is 0 Å². The predicted octanol–water partition coefficient (Wildman–Crippen LogP) is 3.20. The highest BCUT2D eigenvalue weighted by Gasteiger charge is 2.14. The van der Waals surface area contributed by atoms with E-state index in [1.165, 1.54) is 18.2 Å². The van der Waals surface area contributed by atoms with Gasteiger partial charge in [0.05, 0.1) is 5.69 Å². The van der Waals surface area contributed by atoms with Crippen LogP contribution in [0.5, 0.6) is 0 Å². The number of halogens is 1. The molecular weight excluding hydrogens is 229 g/mol. The molecule has 0 unspecified atom stereocenters. The number of para-hydroxylation sites is 1. The largest absolute Gasteiger partial charge is 0.396 e. The number of ketones is 1. The number of nitrogen functional groups attached to an aromatic ring is 1. The molecule has 2 nitrogen and oxygen atoms in total. The lowest BCUT2D eigenvalue weighted by Crippen LogP contribution is -2.07. The number of hydrogen-bond donors (Lipinski definition) is 1. The Balaban J connectivity index is 2.38. The van der Waals surface area contributed by atoms with Gasteiger partial charge in [-0.2, -0.15) is 0 Å². The lowest BCUT2D eigenvalue weighted by atomic mass is 10.00. The summed E-state index contributed by atoms with van der Waals surface area (Å²) in [6, 6.07) is 11.5. The minimum Gasteiger partial charge on any atom is -0.396 e. The summed E-state index contributed by atoms with van der Waals surface area (Å²) >= 11 is 0. The summed E-state index contributed by atoms with van der Waals surface area (Å²) < 4.78 is 13.3. The van der Waals surface area contributed by atoms with Crippen LogP contribution in [0, 0.1) is 5.82 Å². The summed E-state index contributed by atoms with van der Waals surface area (Å²) in [5, 5.41) is 0. The third kappa shape index (κ3) is 2.25. The summed E-state index contributed by atoms with van der Waals surface area (Å²) in [5.41, 5.74) is 7.36. The molecule has 0 aliphatic carbocycles. The molecule has 0 spiro atoms. The van der Waals surface area contributed by atoms with E-state index in [1.807, 2.05) is 19.1 Å². The van der Waals surface area contributed by atoms with Gasteiger partial charge in [0.2, 0.25) is 0 Å². The van der Waals surface area contributed by atoms with E-state index in [0.717, 1.165) is 12.0 Å². The molecular formula is C15H14FNO. The van der Waals surface area contributed by atoms with Crippen molar-refractivity contribution in [3.05, 3.63) is 65.0 Å². The number of nitrogens with two attached hydrogens (primary N) is 1. The van der Waals surface area contributed by atoms with E-state index in [4.69, 9.17) is 5.73 Å². The SMILES string of the molecule is CCc1ccc(C(=O)c2cccc(F)c2N)cc1. The van der Waals surface area contributed by atoms with Crippen molar-refractivity contribution in [1.29, 1.82) is 0 Å². The maximum absolute atomic E-state index is 13.3. The zero-order chi connectivity index (χ0) is 13.1. The number of rotatable bonds is 3. The van der Waals surface area contributed by atoms with Crippen molar-refractivity contribution >= 4 is 11.5 Å². The van der Waals surface area contributed by atoms with Gasteiger partial charge in [0.25, 0.3) is 0 Å². The molecule has 0 aliphatic heterocycles. The van der Waals surface area contributed by atoms with E-state index in [1.54, 1.807) is 12.1 Å². The molecule has 0 aromatic heterocycles. The molecule has 2 aromatic carbocycles. The molecule has 0 aliphatic rings. The van der Waals surface area contributed by atoms with Crippen molar-refractivity contribution in [2.45, 2.75) is 13.3 Å². The van der Waals surface area contributed by atoms with Gasteiger partial charge in [0.15, 0.2) is 5.78 Å². The average Bonchev–Trinajstić information content (AvgIpc) is 2.41. The number of anilines is 1. The molecule has 0 bridgehead atoms. The molecule has 0 radical (unpaired) electrons. The lowest BCUT2D eigenvalue weighted by molar-refractivity contribution is 0.103. The lowest BCUT2D eigenvalue weighted by Gasteiger charge is -2.06. The van der Waals surface area contributed by atoms with Gasteiger partial charge in [-0.1, -0.05) is 37.3 Å². The monoisotopic (exact) mass is 243 g/mol. The number of carbonyl (C=O) groups excluding carboxylic acids is 1. The molecule has 0 amide bonds. The molecule has 0 saturated carbocycles. The number of hydrogen-bond acceptors (Lipinski definition) is 2. The summed E-state index contributed by atoms with van der Waals surface area (Å²) in [4.78, 5) is 12.2. The first-order chi connectivity index (χ1) is 8.63. The fourth-order valence-corrected chi connectivity index (χ4v) is 1.78. The minimum atomic E-state index is -0.564. The summed E-state index contributed by atoms with van der Waals surface area (Å²) in [7, 11) is 0. The number of carbonyl (C=O) groups is 1. The van der Waals surface area contributed by atoms with Crippen molar-refractivity contribution in [3.8, 4) is 0 Å². The van der Waals surface area contributed by atoms with Gasteiger partial charge in [-0.3, -0.25) is 4.79 Å². The van der Waals surface area contributed by atoms with E-state index in [-0.39, 0.29) is 17.0 Å². The Bertz CT molecular complexity index is 576. The van der Waals surface area contributed by atoms with Crippen LogP contribution in [0.15, 0.2) is 42.5 Å². The summed E-state index contributed by atoms with van der Waals surface area (Å²) in [5.74, 6) is -0.819. The van der Waals surface area contributed by atoms with Gasteiger partial charge in [-0.25, -0.2) is 4.39 Å². The normalized spacial score (nSPS) is 10.3. The standard InChI is InChI=1S/C15H14FNO/c1-2-10-6-8-11(9-7-10)15(18)12-4-3-5-13(16)14(12)17/h3-9H,2,17H2,1H3. The molecule has 0 fully saturated rings. The number of benzene rings is 2. The molecule has 18 heavy (non-hydrogen) atoms. The van der Waals surface area contributed by atoms with E-state index in [0.29, 0.717) is 5.56 Å². The van der Waals surface area contributed by atoms with Gasteiger partial charge in [0.1, 0.15) is 5.82 Å². The van der Waals surface area contributed by atoms with Gasteiger partial charge < -0.3 is 5.73 Å². The third-order valence-corrected chi connectivity index (χ3v) is 2.92. The van der Waals surface area contributed by atoms with Crippen molar-refractivity contribution in [2.24, 2.45) is 0 Å². The molecule has 2 N–H and O–H groups in total. The van der Waals surface area contributed by atoms with Gasteiger partial charge in [0, 0.05) is 11.1 Å². The second kappa shape index (κ2) is 5.00. The van der Waals surface area contributed by atoms with Crippen molar-refractivity contribution in [3.63, 3.8) is 0 Å². The smallest absolute Gasteiger partial charge is 0.195 e. The topological polar surface area (TPSA) is 43.1 Å². The fourth-order valence-electron chi connectivity index (χ4n) is 1.78. The predicted molar refractivity (Wildman–Crippen MR) is 70.1 cm³/mol. The second-order valence-electron chi connectivity index (χ2n) is 4.08. The quantitative estimate of drug-likeness (QED) is 0.664. The van der Waals surface area contributed by atoms with Crippen molar-refractivity contribution in [2.75, 3.05) is 5.73 Å². The molecule has 0 heterocycles. The minimum absolute atomic E-state index is 0.0953. The summed E-state index contributed by atoms with van der Waals surface area (Å²) in [6.07, 6.45) is 0.913. The first kappa shape index (κ1) is 12.3. The van der Waals surface area contributed by atoms with Crippen LogP contribution in [0.1, 0.15) is 28.4 Å². The fraction of sp³-hybridized carbons (Fsp3) is 0.133. The molecule has 2 aromatic rings. The van der Waals surface area contributed by atoms with Crippen LogP contribution < -0.4 is 5.73 Å².